The Bertz CT molecular complexity index is 689. The summed E-state index contributed by atoms with van der Waals surface area (Å²) in [6.45, 7) is 57.3. The molecule has 9 aliphatic heterocycles. The first-order valence-corrected chi connectivity index (χ1v) is 33.7. The Morgan fingerprint density at radius 2 is 0.570 bits per heavy atom. The van der Waals surface area contributed by atoms with E-state index in [1.165, 1.54) is 127 Å². The molecule has 79 heavy (non-hydrogen) atoms. The van der Waals surface area contributed by atoms with Gasteiger partial charge in [0.15, 0.2) is 9.84 Å². The second-order valence-electron chi connectivity index (χ2n) is 13.2. The van der Waals surface area contributed by atoms with Crippen LogP contribution >= 0.6 is 23.5 Å². The molecular weight excluding hydrogens is 1040 g/mol. The summed E-state index contributed by atoms with van der Waals surface area (Å²) in [7, 11) is -2.65. The maximum absolute atomic E-state index is 10.6. The summed E-state index contributed by atoms with van der Waals surface area (Å²) in [5.74, 6) is 6.07. The molecule has 0 atom stereocenters. The van der Waals surface area contributed by atoms with Crippen molar-refractivity contribution >= 4 is 33.4 Å². The number of piperazine rings is 1. The smallest absolute Gasteiger partial charge is 0.152 e. The molecule has 8 fully saturated rings. The Kier molecular flexibility index (Phi) is 250. The molecule has 0 unspecified atom stereocenters. The van der Waals surface area contributed by atoms with E-state index in [1.54, 1.807) is 0 Å². The number of hydrogen-bond acceptors (Lipinski definition) is 14. The van der Waals surface area contributed by atoms with Gasteiger partial charge in [-0.1, -0.05) is 210 Å². The van der Waals surface area contributed by atoms with Crippen molar-refractivity contribution in [2.75, 3.05) is 166 Å². The van der Waals surface area contributed by atoms with Crippen molar-refractivity contribution < 1.29 is 17.9 Å². The van der Waals surface area contributed by atoms with Gasteiger partial charge in [-0.3, -0.25) is 0 Å². The van der Waals surface area contributed by atoms with Crippen LogP contribution < -0.4 is 42.5 Å². The highest BCUT2D eigenvalue weighted by atomic mass is 32.2. The molecule has 0 bridgehead atoms. The first-order chi connectivity index (χ1) is 34.7. The van der Waals surface area contributed by atoms with Gasteiger partial charge < -0.3 is 52.0 Å². The van der Waals surface area contributed by atoms with Crippen LogP contribution in [0, 0.1) is 0 Å². The second-order valence-corrected chi connectivity index (χ2v) is 17.9. The third-order valence-electron chi connectivity index (χ3n) is 8.34. The molecule has 0 aromatic heterocycles. The fourth-order valence-electron chi connectivity index (χ4n) is 4.92. The van der Waals surface area contributed by atoms with Crippen LogP contribution in [0.3, 0.4) is 0 Å². The van der Waals surface area contributed by atoms with Crippen LogP contribution in [-0.2, 0) is 19.3 Å². The Morgan fingerprint density at radius 3 is 0.684 bits per heavy atom. The van der Waals surface area contributed by atoms with E-state index in [0.717, 1.165) is 72.1 Å². The molecule has 15 heteroatoms. The van der Waals surface area contributed by atoms with Crippen molar-refractivity contribution in [2.24, 2.45) is 0 Å². The summed E-state index contributed by atoms with van der Waals surface area (Å²) >= 11 is 4.11. The highest BCUT2D eigenvalue weighted by Crippen LogP contribution is 2.14. The van der Waals surface area contributed by atoms with Gasteiger partial charge in [-0.05, 0) is 102 Å². The number of sulfone groups is 1. The minimum Gasteiger partial charge on any atom is -0.379 e. The maximum Gasteiger partial charge on any atom is 0.152 e. The number of thioether (sulfide) groups is 2. The summed E-state index contributed by atoms with van der Waals surface area (Å²) in [5, 5.41) is 25.4. The Balaban J connectivity index is -0.0000000316. The van der Waals surface area contributed by atoms with E-state index in [1.807, 2.05) is 142 Å². The van der Waals surface area contributed by atoms with Crippen LogP contribution in [0.15, 0.2) is 12.2 Å². The summed E-state index contributed by atoms with van der Waals surface area (Å²) in [6.07, 6.45) is 16.6. The fraction of sp³-hybridized carbons (Fsp3) is 0.969. The topological polar surface area (TPSA) is 149 Å². The lowest BCUT2D eigenvalue weighted by Gasteiger charge is -2.11. The van der Waals surface area contributed by atoms with Crippen LogP contribution in [0.25, 0.3) is 0 Å². The summed E-state index contributed by atoms with van der Waals surface area (Å²) in [5.41, 5.74) is 0. The Hall–Kier alpha value is -0.0100. The van der Waals surface area contributed by atoms with Gasteiger partial charge >= 0.3 is 0 Å². The molecule has 0 spiro atoms. The van der Waals surface area contributed by atoms with Gasteiger partial charge in [0.1, 0.15) is 0 Å². The predicted molar refractivity (Wildman–Crippen MR) is 391 cm³/mol. The summed E-state index contributed by atoms with van der Waals surface area (Å²) < 4.78 is 31.2. The molecule has 0 aliphatic carbocycles. The van der Waals surface area contributed by atoms with Gasteiger partial charge in [-0.15, -0.1) is 0 Å². The van der Waals surface area contributed by atoms with E-state index in [-0.39, 0.29) is 66.8 Å². The molecule has 12 nitrogen and oxygen atoms in total. The number of ether oxygens (including phenoxy) is 2. The standard InChI is InChI=1S/C5H11N.C5H8O.C4H10N2.C4H9NO2S.C4H9NO.C4H9NS.C4H9N.C4H8S.C3H7N.9C2H6.9CH4/c2*1-2-4-6-5-3-1;1-2-6-4-3-5-1;6-8(7)3-1-5-2-4-8;2*1-3-6-4-2-5-1;2*1-2-4-5-3-1;1-2-4-3-1;9*1-2;;;;;;;;;/h6H,1-5H2;1-2H,3-5H2;5-6H,1-4H2;5H,1-4H2;2*5H,1-4H2;5H,1-4H2;1-4H2;4H,1-3H2;9*1-2H3;9*1H4. The maximum atomic E-state index is 10.6. The SMILES string of the molecule is C.C.C.C.C.C.C.C.C.C1=CCOCC1.C1CCNC1.C1CCNCC1.C1CCSC1.C1CNC1.C1CNCCN1.C1COCCN1.C1CSCCN1.CC.CC.CC.CC.CC.CC.CC.CC.CC.O=S1(=O)CCNCC1. The molecule has 9 aliphatic rings. The van der Waals surface area contributed by atoms with Gasteiger partial charge in [0.25, 0.3) is 0 Å². The van der Waals surface area contributed by atoms with E-state index >= 15 is 0 Å². The fourth-order valence-corrected chi connectivity index (χ4v) is 7.84. The molecule has 508 valence electrons. The number of morpholine rings is 1. The normalized spacial score (nSPS) is 16.6. The highest BCUT2D eigenvalue weighted by Gasteiger charge is 2.13. The predicted octanol–water partition coefficient (Wildman–Crippen LogP) is 16.7. The Morgan fingerprint density at radius 1 is 0.291 bits per heavy atom. The average molecular weight is 1210 g/mol. The van der Waals surface area contributed by atoms with Gasteiger partial charge in [-0.2, -0.15) is 23.5 Å². The second kappa shape index (κ2) is 153. The minimum atomic E-state index is -2.65. The first-order valence-electron chi connectivity index (χ1n) is 29.5. The van der Waals surface area contributed by atoms with Crippen molar-refractivity contribution in [2.45, 2.75) is 249 Å². The average Bonchev–Trinajstić information content (AvgIpc) is 4.29. The lowest BCUT2D eigenvalue weighted by molar-refractivity contribution is 0.109. The van der Waals surface area contributed by atoms with E-state index in [4.69, 9.17) is 9.47 Å². The quantitative estimate of drug-likeness (QED) is 0.109. The van der Waals surface area contributed by atoms with Crippen molar-refractivity contribution in [1.82, 2.24) is 42.5 Å². The first kappa shape index (κ1) is 129. The van der Waals surface area contributed by atoms with E-state index in [0.29, 0.717) is 24.6 Å². The third kappa shape index (κ3) is 154. The van der Waals surface area contributed by atoms with Crippen LogP contribution in [0.5, 0.6) is 0 Å². The van der Waals surface area contributed by atoms with Crippen molar-refractivity contribution in [1.29, 1.82) is 0 Å². The minimum absolute atomic E-state index is 0. The summed E-state index contributed by atoms with van der Waals surface area (Å²) in [4.78, 5) is 0. The van der Waals surface area contributed by atoms with E-state index < -0.39 is 9.84 Å². The van der Waals surface area contributed by atoms with Gasteiger partial charge in [0.2, 0.25) is 0 Å². The summed E-state index contributed by atoms with van der Waals surface area (Å²) in [6, 6.07) is 0. The molecule has 8 N–H and O–H groups in total. The molecule has 0 aromatic carbocycles. The monoisotopic (exact) mass is 1210 g/mol. The van der Waals surface area contributed by atoms with Gasteiger partial charge in [0.05, 0.1) is 37.9 Å². The van der Waals surface area contributed by atoms with Crippen molar-refractivity contribution in [3.8, 4) is 0 Å². The number of piperidine rings is 1. The molecule has 0 aromatic rings. The van der Waals surface area contributed by atoms with Crippen molar-refractivity contribution in [3.05, 3.63) is 12.2 Å². The lowest BCUT2D eigenvalue weighted by Crippen LogP contribution is -2.39. The zero-order valence-corrected chi connectivity index (χ0v) is 53.2. The zero-order valence-electron chi connectivity index (χ0n) is 50.8. The largest absolute Gasteiger partial charge is 0.379 e. The number of hydrogen-bond donors (Lipinski definition) is 8. The molecular formula is C64H170N8O4S3. The highest BCUT2D eigenvalue weighted by molar-refractivity contribution is 7.99. The van der Waals surface area contributed by atoms with Crippen LogP contribution in [0.2, 0.25) is 0 Å². The van der Waals surface area contributed by atoms with E-state index in [2.05, 4.69) is 60.4 Å². The molecule has 9 rings (SSSR count). The number of nitrogens with one attached hydrogen (secondary N) is 8. The molecule has 0 amide bonds. The zero-order chi connectivity index (χ0) is 55.1. The third-order valence-corrected chi connectivity index (χ3v) is 12.1. The lowest BCUT2D eigenvalue weighted by atomic mass is 10.2. The van der Waals surface area contributed by atoms with Crippen molar-refractivity contribution in [3.63, 3.8) is 0 Å². The van der Waals surface area contributed by atoms with Crippen LogP contribution in [0.1, 0.15) is 249 Å². The van der Waals surface area contributed by atoms with Gasteiger partial charge in [0, 0.05) is 77.0 Å². The van der Waals surface area contributed by atoms with Gasteiger partial charge in [-0.25, -0.2) is 8.42 Å². The molecule has 8 saturated heterocycles. The Labute approximate surface area is 518 Å². The number of rotatable bonds is 0. The van der Waals surface area contributed by atoms with Crippen LogP contribution in [-0.4, -0.2) is 174 Å². The molecule has 9 heterocycles. The van der Waals surface area contributed by atoms with Crippen LogP contribution in [0.4, 0.5) is 0 Å². The van der Waals surface area contributed by atoms with E-state index in [9.17, 15) is 8.42 Å². The molecule has 0 radical (unpaired) electrons. The molecule has 0 saturated carbocycles.